The van der Waals surface area contributed by atoms with E-state index in [1.165, 1.54) is 148 Å². The number of allylic oxidation sites excluding steroid dienone is 6. The maximum Gasteiger partial charge on any atom is 0.306 e. The number of carbonyl (C=O) groups is 2. The summed E-state index contributed by atoms with van der Waals surface area (Å²) >= 11 is 0. The number of hydrogen-bond acceptors (Lipinski definition) is 5. The van der Waals surface area contributed by atoms with Gasteiger partial charge in [0, 0.05) is 6.42 Å². The number of ether oxygens (including phenoxy) is 1. The molecule has 0 saturated carbocycles. The molecule has 0 aliphatic rings. The zero-order valence-corrected chi connectivity index (χ0v) is 38.7. The minimum atomic E-state index is -0.785. The average molecular weight is 816 g/mol. The molecule has 1 amide bonds. The van der Waals surface area contributed by atoms with Crippen molar-refractivity contribution < 1.29 is 24.5 Å². The van der Waals surface area contributed by atoms with E-state index in [4.69, 9.17) is 4.74 Å². The molecular weight excluding hydrogens is 719 g/mol. The van der Waals surface area contributed by atoms with E-state index in [-0.39, 0.29) is 24.9 Å². The Labute approximate surface area is 360 Å². The van der Waals surface area contributed by atoms with Gasteiger partial charge in [-0.1, -0.05) is 218 Å². The highest BCUT2D eigenvalue weighted by Crippen LogP contribution is 2.18. The lowest BCUT2D eigenvalue weighted by Gasteiger charge is -2.24. The monoisotopic (exact) mass is 816 g/mol. The van der Waals surface area contributed by atoms with Gasteiger partial charge < -0.3 is 20.3 Å². The Morgan fingerprint density at radius 2 is 0.879 bits per heavy atom. The minimum Gasteiger partial charge on any atom is -0.462 e. The van der Waals surface area contributed by atoms with Crippen LogP contribution in [-0.2, 0) is 14.3 Å². The van der Waals surface area contributed by atoms with Crippen molar-refractivity contribution in [1.82, 2.24) is 5.32 Å². The molecule has 3 atom stereocenters. The summed E-state index contributed by atoms with van der Waals surface area (Å²) < 4.78 is 5.90. The van der Waals surface area contributed by atoms with Crippen LogP contribution in [0, 0.1) is 0 Å². The number of rotatable bonds is 45. The second-order valence-corrected chi connectivity index (χ2v) is 17.2. The maximum absolute atomic E-state index is 13.1. The quantitative estimate of drug-likeness (QED) is 0.0323. The van der Waals surface area contributed by atoms with Gasteiger partial charge in [-0.2, -0.15) is 0 Å². The van der Waals surface area contributed by atoms with Gasteiger partial charge in [0.15, 0.2) is 0 Å². The van der Waals surface area contributed by atoms with E-state index in [1.54, 1.807) is 0 Å². The first-order valence-electron chi connectivity index (χ1n) is 25.2. The molecule has 0 radical (unpaired) electrons. The first-order chi connectivity index (χ1) is 28.5. The first kappa shape index (κ1) is 56.1. The highest BCUT2D eigenvalue weighted by molar-refractivity contribution is 5.77. The van der Waals surface area contributed by atoms with Gasteiger partial charge >= 0.3 is 5.97 Å². The van der Waals surface area contributed by atoms with E-state index in [1.807, 2.05) is 0 Å². The Morgan fingerprint density at radius 3 is 1.36 bits per heavy atom. The van der Waals surface area contributed by atoms with Crippen LogP contribution in [0.4, 0.5) is 0 Å². The smallest absolute Gasteiger partial charge is 0.306 e. The molecular formula is C52H97NO5. The summed E-state index contributed by atoms with van der Waals surface area (Å²) in [6.07, 6.45) is 53.5. The Hall–Kier alpha value is -1.92. The molecule has 340 valence electrons. The maximum atomic E-state index is 13.1. The topological polar surface area (TPSA) is 95.9 Å². The summed E-state index contributed by atoms with van der Waals surface area (Å²) in [5, 5.41) is 23.7. The molecule has 0 aromatic carbocycles. The van der Waals surface area contributed by atoms with Crippen LogP contribution in [-0.4, -0.2) is 46.9 Å². The third kappa shape index (κ3) is 40.8. The second kappa shape index (κ2) is 46.2. The van der Waals surface area contributed by atoms with E-state index in [9.17, 15) is 19.8 Å². The van der Waals surface area contributed by atoms with Gasteiger partial charge in [-0.05, 0) is 64.2 Å². The molecule has 6 heteroatoms. The summed E-state index contributed by atoms with van der Waals surface area (Å²) in [6, 6.07) is -0.699. The van der Waals surface area contributed by atoms with E-state index >= 15 is 0 Å². The zero-order valence-electron chi connectivity index (χ0n) is 38.7. The highest BCUT2D eigenvalue weighted by atomic mass is 16.5. The molecule has 0 fully saturated rings. The van der Waals surface area contributed by atoms with Crippen LogP contribution in [0.25, 0.3) is 0 Å². The summed E-state index contributed by atoms with van der Waals surface area (Å²) in [6.45, 7) is 6.43. The Kier molecular flexibility index (Phi) is 44.6. The Balaban J connectivity index is 4.42. The molecule has 3 unspecified atom stereocenters. The largest absolute Gasteiger partial charge is 0.462 e. The molecule has 0 heterocycles. The SMILES string of the molecule is CCCCC/C=C\C/C=C\C/C=C\CCCCCCCCC(=O)OC(CCCCCCCCCC)CC(=O)NC(CO)C(O)CCCCCCCCCCCCCC. The van der Waals surface area contributed by atoms with Gasteiger partial charge in [0.25, 0.3) is 0 Å². The van der Waals surface area contributed by atoms with Crippen molar-refractivity contribution in [2.24, 2.45) is 0 Å². The normalized spacial score (nSPS) is 13.5. The zero-order chi connectivity index (χ0) is 42.4. The molecule has 3 N–H and O–H groups in total. The lowest BCUT2D eigenvalue weighted by molar-refractivity contribution is -0.151. The van der Waals surface area contributed by atoms with Gasteiger partial charge in [-0.3, -0.25) is 9.59 Å². The number of esters is 1. The fourth-order valence-electron chi connectivity index (χ4n) is 7.61. The molecule has 0 rings (SSSR count). The predicted octanol–water partition coefficient (Wildman–Crippen LogP) is 14.9. The third-order valence-electron chi connectivity index (χ3n) is 11.5. The molecule has 6 nitrogen and oxygen atoms in total. The van der Waals surface area contributed by atoms with Crippen molar-refractivity contribution in [3.05, 3.63) is 36.5 Å². The summed E-state index contributed by atoms with van der Waals surface area (Å²) in [5.74, 6) is -0.484. The predicted molar refractivity (Wildman–Crippen MR) is 250 cm³/mol. The number of amides is 1. The number of hydrogen-bond donors (Lipinski definition) is 3. The van der Waals surface area contributed by atoms with Crippen molar-refractivity contribution in [2.75, 3.05) is 6.61 Å². The highest BCUT2D eigenvalue weighted by Gasteiger charge is 2.24. The van der Waals surface area contributed by atoms with Crippen molar-refractivity contribution in [3.8, 4) is 0 Å². The standard InChI is InChI=1S/C52H97NO5/c1-4-7-10-13-16-19-21-23-24-25-26-27-28-29-31-33-36-39-42-45-52(57)58-48(43-40-37-34-18-15-12-9-6-3)46-51(56)53-49(47-54)50(55)44-41-38-35-32-30-22-20-17-14-11-8-5-2/h16,19,23-24,26-27,48-50,54-55H,4-15,17-18,20-22,25,28-47H2,1-3H3,(H,53,56)/b19-16-,24-23-,27-26-. The van der Waals surface area contributed by atoms with Crippen molar-refractivity contribution in [1.29, 1.82) is 0 Å². The minimum absolute atomic E-state index is 0.0747. The molecule has 58 heavy (non-hydrogen) atoms. The molecule has 0 aromatic rings. The van der Waals surface area contributed by atoms with E-state index in [0.29, 0.717) is 19.3 Å². The van der Waals surface area contributed by atoms with Gasteiger partial charge in [0.1, 0.15) is 6.10 Å². The van der Waals surface area contributed by atoms with Gasteiger partial charge in [0.05, 0.1) is 25.2 Å². The summed E-state index contributed by atoms with van der Waals surface area (Å²) in [4.78, 5) is 26.0. The summed E-state index contributed by atoms with van der Waals surface area (Å²) in [7, 11) is 0. The van der Waals surface area contributed by atoms with Crippen LogP contribution in [0.5, 0.6) is 0 Å². The van der Waals surface area contributed by atoms with Crippen molar-refractivity contribution in [2.45, 2.75) is 277 Å². The van der Waals surface area contributed by atoms with Crippen molar-refractivity contribution >= 4 is 11.9 Å². The van der Waals surface area contributed by atoms with E-state index in [2.05, 4.69) is 62.5 Å². The van der Waals surface area contributed by atoms with Crippen LogP contribution in [0.3, 0.4) is 0 Å². The molecule has 0 aromatic heterocycles. The number of nitrogens with one attached hydrogen (secondary N) is 1. The second-order valence-electron chi connectivity index (χ2n) is 17.2. The lowest BCUT2D eigenvalue weighted by Crippen LogP contribution is -2.46. The van der Waals surface area contributed by atoms with Gasteiger partial charge in [-0.25, -0.2) is 0 Å². The van der Waals surface area contributed by atoms with Gasteiger partial charge in [0.2, 0.25) is 5.91 Å². The first-order valence-corrected chi connectivity index (χ1v) is 25.2. The van der Waals surface area contributed by atoms with Crippen LogP contribution in [0.1, 0.15) is 258 Å². The third-order valence-corrected chi connectivity index (χ3v) is 11.5. The summed E-state index contributed by atoms with van der Waals surface area (Å²) in [5.41, 5.74) is 0. The Morgan fingerprint density at radius 1 is 0.500 bits per heavy atom. The number of carbonyl (C=O) groups excluding carboxylic acids is 2. The number of unbranched alkanes of at least 4 members (excludes halogenated alkanes) is 27. The Bertz CT molecular complexity index is 961. The van der Waals surface area contributed by atoms with E-state index in [0.717, 1.165) is 64.2 Å². The van der Waals surface area contributed by atoms with Crippen LogP contribution >= 0.6 is 0 Å². The van der Waals surface area contributed by atoms with Gasteiger partial charge in [-0.15, -0.1) is 0 Å². The van der Waals surface area contributed by atoms with E-state index < -0.39 is 18.2 Å². The lowest BCUT2D eigenvalue weighted by atomic mass is 10.0. The van der Waals surface area contributed by atoms with Crippen LogP contribution < -0.4 is 5.32 Å². The number of aliphatic hydroxyl groups is 2. The molecule has 0 bridgehead atoms. The average Bonchev–Trinajstić information content (AvgIpc) is 3.22. The molecule has 0 spiro atoms. The molecule has 0 aliphatic heterocycles. The fraction of sp³-hybridized carbons (Fsp3) is 0.846. The number of aliphatic hydroxyl groups excluding tert-OH is 2. The molecule has 0 saturated heterocycles. The van der Waals surface area contributed by atoms with Crippen molar-refractivity contribution in [3.63, 3.8) is 0 Å². The molecule has 0 aliphatic carbocycles. The fourth-order valence-corrected chi connectivity index (χ4v) is 7.61. The van der Waals surface area contributed by atoms with Crippen LogP contribution in [0.2, 0.25) is 0 Å². The van der Waals surface area contributed by atoms with Crippen LogP contribution in [0.15, 0.2) is 36.5 Å².